The Hall–Kier alpha value is -0.710. The maximum Gasteiger partial charge on any atom is 0.335 e. The van der Waals surface area contributed by atoms with Crippen molar-refractivity contribution in [1.29, 1.82) is 0 Å². The normalized spacial score (nSPS) is 35.5. The van der Waals surface area contributed by atoms with Gasteiger partial charge in [0.15, 0.2) is 5.60 Å². The predicted molar refractivity (Wildman–Crippen MR) is 31.4 cm³/mol. The topological polar surface area (TPSA) is 57.5 Å². The summed E-state index contributed by atoms with van der Waals surface area (Å²) in [7, 11) is 0. The maximum absolute atomic E-state index is 12.4. The second-order valence-electron chi connectivity index (χ2n) is 2.87. The summed E-state index contributed by atoms with van der Waals surface area (Å²) in [5.41, 5.74) is -2.20. The maximum atomic E-state index is 12.4. The number of carboxylic acids is 1. The van der Waals surface area contributed by atoms with Gasteiger partial charge in [-0.2, -0.15) is 0 Å². The molecule has 1 aliphatic carbocycles. The molecule has 1 unspecified atom stereocenters. The lowest BCUT2D eigenvalue weighted by Crippen LogP contribution is -2.36. The Labute approximate surface area is 61.6 Å². The minimum Gasteiger partial charge on any atom is -0.479 e. The number of alkyl halides is 2. The third kappa shape index (κ3) is 1.48. The predicted octanol–water partition coefficient (Wildman–Crippen LogP) is 0.621. The summed E-state index contributed by atoms with van der Waals surface area (Å²) in [6.45, 7) is 0. The summed E-state index contributed by atoms with van der Waals surface area (Å²) in [6, 6.07) is 0. The van der Waals surface area contributed by atoms with E-state index in [1.54, 1.807) is 0 Å². The van der Waals surface area contributed by atoms with E-state index in [4.69, 9.17) is 10.2 Å². The highest BCUT2D eigenvalue weighted by Gasteiger charge is 2.53. The van der Waals surface area contributed by atoms with Gasteiger partial charge in [-0.1, -0.05) is 0 Å². The van der Waals surface area contributed by atoms with Gasteiger partial charge in [0, 0.05) is 6.42 Å². The van der Waals surface area contributed by atoms with Gasteiger partial charge in [-0.05, 0) is 6.42 Å². The second-order valence-corrected chi connectivity index (χ2v) is 2.87. The van der Waals surface area contributed by atoms with Crippen molar-refractivity contribution in [2.45, 2.75) is 30.8 Å². The van der Waals surface area contributed by atoms with Gasteiger partial charge in [-0.25, -0.2) is 13.6 Å². The zero-order chi connectivity index (χ0) is 8.70. The molecule has 5 heteroatoms. The van der Waals surface area contributed by atoms with Gasteiger partial charge in [0.25, 0.3) is 5.92 Å². The van der Waals surface area contributed by atoms with Gasteiger partial charge in [-0.15, -0.1) is 0 Å². The van der Waals surface area contributed by atoms with E-state index < -0.39 is 30.3 Å². The standard InChI is InChI=1S/C6H8F2O3/c7-6(8)2-1-5(11,3-6)4(9)10/h11H,1-3H2,(H,9,10). The molecule has 0 aromatic carbocycles. The van der Waals surface area contributed by atoms with Crippen molar-refractivity contribution in [2.75, 3.05) is 0 Å². The molecule has 1 saturated carbocycles. The molecule has 0 bridgehead atoms. The molecule has 1 atom stereocenters. The Morgan fingerprint density at radius 2 is 1.91 bits per heavy atom. The molecule has 0 aromatic rings. The highest BCUT2D eigenvalue weighted by molar-refractivity contribution is 5.77. The van der Waals surface area contributed by atoms with Crippen LogP contribution < -0.4 is 0 Å². The molecular weight excluding hydrogens is 158 g/mol. The van der Waals surface area contributed by atoms with Crippen molar-refractivity contribution in [1.82, 2.24) is 0 Å². The summed E-state index contributed by atoms with van der Waals surface area (Å²) in [6.07, 6.45) is -1.87. The first kappa shape index (κ1) is 8.39. The van der Waals surface area contributed by atoms with Crippen molar-refractivity contribution in [3.05, 3.63) is 0 Å². The highest BCUT2D eigenvalue weighted by Crippen LogP contribution is 2.41. The molecule has 0 radical (unpaired) electrons. The fourth-order valence-corrected chi connectivity index (χ4v) is 1.18. The number of rotatable bonds is 1. The molecule has 11 heavy (non-hydrogen) atoms. The van der Waals surface area contributed by atoms with Crippen molar-refractivity contribution < 1.29 is 23.8 Å². The molecule has 1 fully saturated rings. The number of aliphatic hydroxyl groups is 1. The minimum atomic E-state index is -3.02. The number of halogens is 2. The van der Waals surface area contributed by atoms with Crippen LogP contribution in [-0.4, -0.2) is 27.7 Å². The second kappa shape index (κ2) is 2.14. The lowest BCUT2D eigenvalue weighted by Gasteiger charge is -2.15. The van der Waals surface area contributed by atoms with Gasteiger partial charge in [-0.3, -0.25) is 0 Å². The van der Waals surface area contributed by atoms with Crippen LogP contribution in [0.1, 0.15) is 19.3 Å². The first-order chi connectivity index (χ1) is 4.86. The quantitative estimate of drug-likeness (QED) is 0.600. The molecule has 3 nitrogen and oxygen atoms in total. The Balaban J connectivity index is 2.73. The van der Waals surface area contributed by atoms with Crippen LogP contribution in [0.3, 0.4) is 0 Å². The van der Waals surface area contributed by atoms with E-state index in [0.29, 0.717) is 0 Å². The molecule has 0 aliphatic heterocycles. The van der Waals surface area contributed by atoms with Gasteiger partial charge in [0.2, 0.25) is 0 Å². The van der Waals surface area contributed by atoms with Crippen LogP contribution in [0, 0.1) is 0 Å². The number of carboxylic acid groups (broad SMARTS) is 1. The van der Waals surface area contributed by atoms with E-state index in [-0.39, 0.29) is 6.42 Å². The molecule has 1 aliphatic rings. The molecular formula is C6H8F2O3. The van der Waals surface area contributed by atoms with Crippen LogP contribution in [0.4, 0.5) is 8.78 Å². The van der Waals surface area contributed by atoms with E-state index in [1.807, 2.05) is 0 Å². The summed E-state index contributed by atoms with van der Waals surface area (Å²) >= 11 is 0. The van der Waals surface area contributed by atoms with Crippen molar-refractivity contribution in [2.24, 2.45) is 0 Å². The lowest BCUT2D eigenvalue weighted by molar-refractivity contribution is -0.160. The van der Waals surface area contributed by atoms with E-state index in [9.17, 15) is 13.6 Å². The molecule has 1 rings (SSSR count). The van der Waals surface area contributed by atoms with Gasteiger partial charge in [0.05, 0.1) is 6.42 Å². The Morgan fingerprint density at radius 3 is 2.09 bits per heavy atom. The molecule has 64 valence electrons. The molecule has 0 saturated heterocycles. The van der Waals surface area contributed by atoms with Crippen molar-refractivity contribution in [3.63, 3.8) is 0 Å². The highest BCUT2D eigenvalue weighted by atomic mass is 19.3. The number of aliphatic carboxylic acids is 1. The SMILES string of the molecule is O=C(O)C1(O)CCC(F)(F)C1. The van der Waals surface area contributed by atoms with Crippen LogP contribution in [0.5, 0.6) is 0 Å². The molecule has 0 heterocycles. The van der Waals surface area contributed by atoms with Crippen LogP contribution in [0.15, 0.2) is 0 Å². The summed E-state index contributed by atoms with van der Waals surface area (Å²) in [5, 5.41) is 17.3. The van der Waals surface area contributed by atoms with Gasteiger partial charge < -0.3 is 10.2 Å². The fraction of sp³-hybridized carbons (Fsp3) is 0.833. The lowest BCUT2D eigenvalue weighted by atomic mass is 10.0. The van der Waals surface area contributed by atoms with Gasteiger partial charge in [0.1, 0.15) is 0 Å². The Kier molecular flexibility index (Phi) is 1.63. The van der Waals surface area contributed by atoms with E-state index >= 15 is 0 Å². The molecule has 0 spiro atoms. The Morgan fingerprint density at radius 1 is 1.36 bits per heavy atom. The number of hydrogen-bond acceptors (Lipinski definition) is 2. The number of hydrogen-bond donors (Lipinski definition) is 2. The summed E-state index contributed by atoms with van der Waals surface area (Å²) in [5.74, 6) is -4.58. The molecule has 2 N–H and O–H groups in total. The van der Waals surface area contributed by atoms with Crippen LogP contribution in [0.2, 0.25) is 0 Å². The zero-order valence-corrected chi connectivity index (χ0v) is 5.68. The van der Waals surface area contributed by atoms with E-state index in [0.717, 1.165) is 0 Å². The number of carbonyl (C=O) groups is 1. The van der Waals surface area contributed by atoms with Gasteiger partial charge >= 0.3 is 5.97 Å². The van der Waals surface area contributed by atoms with E-state index in [2.05, 4.69) is 0 Å². The van der Waals surface area contributed by atoms with Crippen molar-refractivity contribution >= 4 is 5.97 Å². The largest absolute Gasteiger partial charge is 0.479 e. The fourth-order valence-electron chi connectivity index (χ4n) is 1.18. The molecule has 0 amide bonds. The van der Waals surface area contributed by atoms with Crippen molar-refractivity contribution in [3.8, 4) is 0 Å². The Bertz CT molecular complexity index is 192. The van der Waals surface area contributed by atoms with E-state index in [1.165, 1.54) is 0 Å². The average molecular weight is 166 g/mol. The minimum absolute atomic E-state index is 0.366. The summed E-state index contributed by atoms with van der Waals surface area (Å²) < 4.78 is 24.8. The van der Waals surface area contributed by atoms with Crippen LogP contribution in [0.25, 0.3) is 0 Å². The third-order valence-corrected chi connectivity index (χ3v) is 1.85. The summed E-state index contributed by atoms with van der Waals surface area (Å²) in [4.78, 5) is 10.2. The zero-order valence-electron chi connectivity index (χ0n) is 5.68. The first-order valence-corrected chi connectivity index (χ1v) is 3.19. The third-order valence-electron chi connectivity index (χ3n) is 1.85. The smallest absolute Gasteiger partial charge is 0.335 e. The first-order valence-electron chi connectivity index (χ1n) is 3.19. The molecule has 0 aromatic heterocycles. The van der Waals surface area contributed by atoms with Crippen LogP contribution >= 0.6 is 0 Å². The average Bonchev–Trinajstić information content (AvgIpc) is 2.08. The van der Waals surface area contributed by atoms with Crippen LogP contribution in [-0.2, 0) is 4.79 Å². The monoisotopic (exact) mass is 166 g/mol.